The zero-order chi connectivity index (χ0) is 20.8. The summed E-state index contributed by atoms with van der Waals surface area (Å²) in [5.41, 5.74) is 3.94. The molecule has 0 unspecified atom stereocenters. The Balaban J connectivity index is 0.00000144. The van der Waals surface area contributed by atoms with Crippen LogP contribution in [0.3, 0.4) is 0 Å². The summed E-state index contributed by atoms with van der Waals surface area (Å²) < 4.78 is 3.10. The van der Waals surface area contributed by atoms with Crippen molar-refractivity contribution in [2.45, 2.75) is 13.8 Å². The summed E-state index contributed by atoms with van der Waals surface area (Å²) in [7, 11) is 0. The fourth-order valence-corrected chi connectivity index (χ4v) is 3.72. The van der Waals surface area contributed by atoms with Crippen molar-refractivity contribution in [3.8, 4) is 23.0 Å². The minimum Gasteiger partial charge on any atom is -1.00 e. The van der Waals surface area contributed by atoms with Gasteiger partial charge in [0.1, 0.15) is 11.4 Å². The SMILES string of the molecule is CC(=O)n1c(-c2cccc(-c3nc4ccccc4n3C(C)=O)n2)nc2ccccc21.[Cl-].[Cl-].[Cl-].[V+3]. The van der Waals surface area contributed by atoms with E-state index < -0.39 is 0 Å². The smallest absolute Gasteiger partial charge is 1.00 e. The Morgan fingerprint density at radius 2 is 0.971 bits per heavy atom. The fourth-order valence-electron chi connectivity index (χ4n) is 3.72. The van der Waals surface area contributed by atoms with E-state index in [0.717, 1.165) is 11.0 Å². The van der Waals surface area contributed by atoms with Crippen LogP contribution >= 0.6 is 0 Å². The van der Waals surface area contributed by atoms with Gasteiger partial charge < -0.3 is 37.2 Å². The molecule has 11 heteroatoms. The molecule has 3 heterocycles. The number of fused-ring (bicyclic) bond motifs is 2. The molecule has 0 aliphatic heterocycles. The minimum absolute atomic E-state index is 0. The third-order valence-electron chi connectivity index (χ3n) is 4.96. The maximum Gasteiger partial charge on any atom is 3.00 e. The monoisotopic (exact) mass is 551 g/mol. The van der Waals surface area contributed by atoms with Crippen molar-refractivity contribution in [1.82, 2.24) is 24.1 Å². The van der Waals surface area contributed by atoms with Crippen LogP contribution in [0.1, 0.15) is 23.4 Å². The van der Waals surface area contributed by atoms with E-state index >= 15 is 0 Å². The van der Waals surface area contributed by atoms with Crippen LogP contribution in [-0.2, 0) is 18.6 Å². The van der Waals surface area contributed by atoms with Gasteiger partial charge in [0.2, 0.25) is 11.8 Å². The van der Waals surface area contributed by atoms with Crippen molar-refractivity contribution < 1.29 is 65.4 Å². The van der Waals surface area contributed by atoms with E-state index in [1.807, 2.05) is 54.6 Å². The third kappa shape index (κ3) is 4.90. The van der Waals surface area contributed by atoms with Crippen LogP contribution in [0.15, 0.2) is 66.7 Å². The van der Waals surface area contributed by atoms with Crippen molar-refractivity contribution in [3.63, 3.8) is 0 Å². The molecule has 7 nitrogen and oxygen atoms in total. The van der Waals surface area contributed by atoms with E-state index in [0.29, 0.717) is 34.1 Å². The number of pyridine rings is 1. The van der Waals surface area contributed by atoms with E-state index in [1.165, 1.54) is 13.8 Å². The van der Waals surface area contributed by atoms with Crippen LogP contribution in [0.5, 0.6) is 0 Å². The molecule has 0 fully saturated rings. The molecule has 0 radical (unpaired) electrons. The summed E-state index contributed by atoms with van der Waals surface area (Å²) in [5.74, 6) is 0.607. The van der Waals surface area contributed by atoms with Crippen LogP contribution in [0.2, 0.25) is 0 Å². The number of carbonyl (C=O) groups is 2. The van der Waals surface area contributed by atoms with Gasteiger partial charge in [-0.15, -0.1) is 0 Å². The Hall–Kier alpha value is -2.68. The first-order valence-electron chi connectivity index (χ1n) is 9.49. The second-order valence-electron chi connectivity index (χ2n) is 6.97. The van der Waals surface area contributed by atoms with Gasteiger partial charge >= 0.3 is 18.6 Å². The molecule has 0 spiro atoms. The van der Waals surface area contributed by atoms with Crippen LogP contribution in [-0.4, -0.2) is 35.9 Å². The van der Waals surface area contributed by atoms with Gasteiger partial charge in [-0.05, 0) is 36.4 Å². The fraction of sp³-hybridized carbons (Fsp3) is 0.0870. The van der Waals surface area contributed by atoms with E-state index in [4.69, 9.17) is 4.98 Å². The van der Waals surface area contributed by atoms with Gasteiger partial charge in [-0.25, -0.2) is 15.0 Å². The second kappa shape index (κ2) is 11.6. The first-order chi connectivity index (χ1) is 14.5. The Morgan fingerprint density at radius 3 is 1.35 bits per heavy atom. The molecule has 0 saturated carbocycles. The summed E-state index contributed by atoms with van der Waals surface area (Å²) >= 11 is 0. The van der Waals surface area contributed by atoms with Crippen molar-refractivity contribution in [2.75, 3.05) is 0 Å². The topological polar surface area (TPSA) is 82.7 Å². The molecule has 5 aromatic rings. The molecule has 2 aromatic carbocycles. The maximum absolute atomic E-state index is 12.4. The maximum atomic E-state index is 12.4. The summed E-state index contributed by atoms with van der Waals surface area (Å²) in [6.45, 7) is 2.99. The third-order valence-corrected chi connectivity index (χ3v) is 4.96. The number of benzene rings is 2. The average Bonchev–Trinajstić information content (AvgIpc) is 3.33. The number of halogens is 3. The predicted octanol–water partition coefficient (Wildman–Crippen LogP) is -4.56. The van der Waals surface area contributed by atoms with Crippen molar-refractivity contribution in [3.05, 3.63) is 66.7 Å². The Labute approximate surface area is 226 Å². The second-order valence-corrected chi connectivity index (χ2v) is 6.97. The van der Waals surface area contributed by atoms with E-state index in [1.54, 1.807) is 21.3 Å². The van der Waals surface area contributed by atoms with E-state index in [9.17, 15) is 9.59 Å². The number of imidazole rings is 2. The number of hydrogen-bond acceptors (Lipinski definition) is 5. The molecule has 0 aliphatic rings. The molecule has 0 aliphatic carbocycles. The number of carbonyl (C=O) groups excluding carboxylic acids is 2. The van der Waals surface area contributed by atoms with Crippen LogP contribution in [0.25, 0.3) is 45.1 Å². The van der Waals surface area contributed by atoms with Crippen LogP contribution in [0, 0.1) is 0 Å². The van der Waals surface area contributed by atoms with Crippen molar-refractivity contribution >= 4 is 33.9 Å². The molecular weight excluding hydrogens is 536 g/mol. The Bertz CT molecular complexity index is 1380. The van der Waals surface area contributed by atoms with Gasteiger partial charge in [0.05, 0.1) is 22.1 Å². The van der Waals surface area contributed by atoms with E-state index in [-0.39, 0.29) is 67.6 Å². The molecule has 0 N–H and O–H groups in total. The van der Waals surface area contributed by atoms with E-state index in [2.05, 4.69) is 9.97 Å². The molecule has 34 heavy (non-hydrogen) atoms. The van der Waals surface area contributed by atoms with Gasteiger partial charge in [0, 0.05) is 13.8 Å². The number of rotatable bonds is 2. The summed E-state index contributed by atoms with van der Waals surface area (Å²) in [6.07, 6.45) is 0. The zero-order valence-electron chi connectivity index (χ0n) is 18.0. The predicted molar refractivity (Wildman–Crippen MR) is 114 cm³/mol. The molecule has 0 atom stereocenters. The molecule has 0 bridgehead atoms. The van der Waals surface area contributed by atoms with Crippen molar-refractivity contribution in [1.29, 1.82) is 0 Å². The first-order valence-corrected chi connectivity index (χ1v) is 9.49. The van der Waals surface area contributed by atoms with Gasteiger partial charge in [-0.3, -0.25) is 18.7 Å². The standard InChI is InChI=1S/C23H17N5O2.3ClH.V/c1-14(29)27-20-12-5-3-8-16(20)25-22(27)18-10-7-11-19(24-18)23-26-17-9-4-6-13-21(17)28(23)15(2)30;;;;/h3-13H,1-2H3;3*1H;/q;;;;+3/p-3. The summed E-state index contributed by atoms with van der Waals surface area (Å²) in [6, 6.07) is 20.3. The largest absolute Gasteiger partial charge is 3.00 e. The average molecular weight is 553 g/mol. The Kier molecular flexibility index (Phi) is 10.1. The number of hydrogen-bond donors (Lipinski definition) is 0. The Morgan fingerprint density at radius 1 is 0.588 bits per heavy atom. The summed E-state index contributed by atoms with van der Waals surface area (Å²) in [5, 5.41) is 0. The quantitative estimate of drug-likeness (QED) is 0.220. The molecular formula is C23H17Cl3N5O2V. The molecule has 0 amide bonds. The first kappa shape index (κ1) is 29.4. The van der Waals surface area contributed by atoms with Crippen LogP contribution in [0.4, 0.5) is 0 Å². The molecule has 172 valence electrons. The molecule has 5 rings (SSSR count). The molecule has 0 saturated heterocycles. The van der Waals surface area contributed by atoms with Crippen LogP contribution < -0.4 is 37.2 Å². The zero-order valence-corrected chi connectivity index (χ0v) is 21.6. The van der Waals surface area contributed by atoms with Gasteiger partial charge in [0.15, 0.2) is 11.6 Å². The molecule has 3 aromatic heterocycles. The normalized spacial score (nSPS) is 9.94. The van der Waals surface area contributed by atoms with Gasteiger partial charge in [-0.1, -0.05) is 30.3 Å². The number of aromatic nitrogens is 5. The van der Waals surface area contributed by atoms with Crippen molar-refractivity contribution in [2.24, 2.45) is 0 Å². The van der Waals surface area contributed by atoms with Gasteiger partial charge in [0.25, 0.3) is 0 Å². The van der Waals surface area contributed by atoms with Gasteiger partial charge in [-0.2, -0.15) is 0 Å². The summed E-state index contributed by atoms with van der Waals surface area (Å²) in [4.78, 5) is 38.7. The number of nitrogens with zero attached hydrogens (tertiary/aromatic N) is 5. The minimum atomic E-state index is -0.151. The number of para-hydroxylation sites is 4.